The molecule has 0 saturated heterocycles. The van der Waals surface area contributed by atoms with E-state index in [9.17, 15) is 28.1 Å². The van der Waals surface area contributed by atoms with Gasteiger partial charge in [0.15, 0.2) is 0 Å². The molecule has 1 aliphatic rings. The number of nitrogens with zero attached hydrogens (tertiary/aromatic N) is 1. The second-order valence-corrected chi connectivity index (χ2v) is 5.50. The van der Waals surface area contributed by atoms with Crippen molar-refractivity contribution in [2.24, 2.45) is 0 Å². The fourth-order valence-electron chi connectivity index (χ4n) is 2.42. The van der Waals surface area contributed by atoms with Crippen LogP contribution in [0, 0.1) is 10.1 Å². The zero-order valence-electron chi connectivity index (χ0n) is 13.3. The van der Waals surface area contributed by atoms with Gasteiger partial charge in [-0.2, -0.15) is 13.2 Å². The lowest BCUT2D eigenvalue weighted by atomic mass is 10.0. The lowest BCUT2D eigenvalue weighted by Crippen LogP contribution is -2.40. The number of non-ortho nitro benzene ring substituents is 1. The second-order valence-electron chi connectivity index (χ2n) is 5.50. The zero-order chi connectivity index (χ0) is 19.8. The van der Waals surface area contributed by atoms with Crippen LogP contribution in [-0.4, -0.2) is 28.3 Å². The number of carboxylic acid groups (broad SMARTS) is 1. The molecule has 0 radical (unpaired) electrons. The number of carbonyl (C=O) groups is 1. The number of halogens is 3. The Bertz CT molecular complexity index is 937. The summed E-state index contributed by atoms with van der Waals surface area (Å²) in [5, 5.41) is 19.6. The van der Waals surface area contributed by atoms with Gasteiger partial charge in [-0.3, -0.25) is 10.1 Å². The number of fused-ring (bicyclic) bond motifs is 1. The van der Waals surface area contributed by atoms with Gasteiger partial charge < -0.3 is 14.6 Å². The zero-order valence-corrected chi connectivity index (χ0v) is 13.3. The van der Waals surface area contributed by atoms with Crippen LogP contribution < -0.4 is 9.47 Å². The maximum atomic E-state index is 13.1. The van der Waals surface area contributed by atoms with Crippen LogP contribution in [0.5, 0.6) is 17.2 Å². The molecule has 1 N–H and O–H groups in total. The Morgan fingerprint density at radius 3 is 2.33 bits per heavy atom. The van der Waals surface area contributed by atoms with Crippen molar-refractivity contribution in [1.29, 1.82) is 0 Å². The maximum absolute atomic E-state index is 13.1. The summed E-state index contributed by atoms with van der Waals surface area (Å²) in [7, 11) is 0. The maximum Gasteiger partial charge on any atom is 0.430 e. The van der Waals surface area contributed by atoms with Crippen molar-refractivity contribution in [1.82, 2.24) is 0 Å². The number of rotatable bonds is 4. The molecule has 0 amide bonds. The first-order valence-electron chi connectivity index (χ1n) is 7.40. The van der Waals surface area contributed by atoms with Crippen molar-refractivity contribution in [3.63, 3.8) is 0 Å². The molecule has 2 aromatic carbocycles. The minimum absolute atomic E-state index is 0.121. The van der Waals surface area contributed by atoms with Crippen molar-refractivity contribution in [3.05, 3.63) is 63.7 Å². The predicted molar refractivity (Wildman–Crippen MR) is 85.7 cm³/mol. The van der Waals surface area contributed by atoms with Crippen LogP contribution in [0.3, 0.4) is 0 Å². The Morgan fingerprint density at radius 1 is 1.15 bits per heavy atom. The van der Waals surface area contributed by atoms with Crippen molar-refractivity contribution in [3.8, 4) is 17.2 Å². The number of alkyl halides is 3. The molecule has 0 aliphatic carbocycles. The highest BCUT2D eigenvalue weighted by Gasteiger charge is 2.48. The van der Waals surface area contributed by atoms with Crippen LogP contribution in [0.15, 0.2) is 48.0 Å². The fraction of sp³-hybridized carbons (Fsp3) is 0.118. The van der Waals surface area contributed by atoms with E-state index >= 15 is 0 Å². The van der Waals surface area contributed by atoms with Crippen LogP contribution in [0.4, 0.5) is 18.9 Å². The largest absolute Gasteiger partial charge is 0.478 e. The molecular formula is C17H10F3NO6. The van der Waals surface area contributed by atoms with Gasteiger partial charge in [-0.1, -0.05) is 0 Å². The molecule has 3 rings (SSSR count). The van der Waals surface area contributed by atoms with Gasteiger partial charge in [0, 0.05) is 23.8 Å². The van der Waals surface area contributed by atoms with Gasteiger partial charge in [-0.05, 0) is 30.3 Å². The average molecular weight is 381 g/mol. The number of nitro benzene ring substituents is 1. The Balaban J connectivity index is 1.89. The Labute approximate surface area is 149 Å². The van der Waals surface area contributed by atoms with Crippen molar-refractivity contribution >= 4 is 17.7 Å². The summed E-state index contributed by atoms with van der Waals surface area (Å²) in [6.45, 7) is 0. The number of carboxylic acids is 1. The third-order valence-corrected chi connectivity index (χ3v) is 3.65. The van der Waals surface area contributed by atoms with Gasteiger partial charge in [0.2, 0.25) is 6.10 Å². The number of hydrogen-bond donors (Lipinski definition) is 1. The van der Waals surface area contributed by atoms with Crippen molar-refractivity contribution in [2.75, 3.05) is 0 Å². The van der Waals surface area contributed by atoms with Gasteiger partial charge >= 0.3 is 12.1 Å². The van der Waals surface area contributed by atoms with Crippen molar-refractivity contribution < 1.29 is 37.5 Å². The number of aliphatic carboxylic acids is 1. The first kappa shape index (κ1) is 18.2. The van der Waals surface area contributed by atoms with E-state index in [1.54, 1.807) is 0 Å². The lowest BCUT2D eigenvalue weighted by Gasteiger charge is -2.27. The van der Waals surface area contributed by atoms with E-state index in [0.717, 1.165) is 6.08 Å². The molecule has 7 nitrogen and oxygen atoms in total. The number of nitro groups is 1. The van der Waals surface area contributed by atoms with Crippen LogP contribution in [-0.2, 0) is 4.79 Å². The van der Waals surface area contributed by atoms with Gasteiger partial charge in [-0.15, -0.1) is 0 Å². The monoisotopic (exact) mass is 381 g/mol. The molecule has 0 aromatic heterocycles. The Hall–Kier alpha value is -3.56. The SMILES string of the molecule is O=C(O)C1=Cc2ccc(Oc3ccc([N+](=O)[O-])cc3)cc2OC1C(F)(F)F. The standard InChI is InChI=1S/C17H10F3NO6/c18-17(19,20)15-13(16(22)23)7-9-1-4-12(8-14(9)27-15)26-11-5-2-10(3-6-11)21(24)25/h1-8,15H,(H,22,23). The molecule has 0 spiro atoms. The van der Waals surface area contributed by atoms with E-state index < -0.39 is 28.7 Å². The number of benzene rings is 2. The molecule has 0 fully saturated rings. The minimum atomic E-state index is -4.91. The summed E-state index contributed by atoms with van der Waals surface area (Å²) in [5.41, 5.74) is -0.904. The lowest BCUT2D eigenvalue weighted by molar-refractivity contribution is -0.384. The van der Waals surface area contributed by atoms with Crippen LogP contribution in [0.25, 0.3) is 6.08 Å². The highest BCUT2D eigenvalue weighted by Crippen LogP contribution is 2.39. The van der Waals surface area contributed by atoms with Gasteiger partial charge in [0.25, 0.3) is 5.69 Å². The fourth-order valence-corrected chi connectivity index (χ4v) is 2.42. The van der Waals surface area contributed by atoms with E-state index in [0.29, 0.717) is 0 Å². The number of hydrogen-bond acceptors (Lipinski definition) is 5. The topological polar surface area (TPSA) is 98.9 Å². The summed E-state index contributed by atoms with van der Waals surface area (Å²) in [6.07, 6.45) is -6.61. The van der Waals surface area contributed by atoms with Crippen molar-refractivity contribution in [2.45, 2.75) is 12.3 Å². The molecule has 10 heteroatoms. The molecule has 1 atom stereocenters. The van der Waals surface area contributed by atoms with E-state index in [4.69, 9.17) is 14.6 Å². The molecular weight excluding hydrogens is 371 g/mol. The molecule has 0 bridgehead atoms. The minimum Gasteiger partial charge on any atom is -0.478 e. The van der Waals surface area contributed by atoms with E-state index in [1.165, 1.54) is 42.5 Å². The van der Waals surface area contributed by atoms with Gasteiger partial charge in [0.05, 0.1) is 10.5 Å². The molecule has 2 aromatic rings. The van der Waals surface area contributed by atoms with E-state index in [2.05, 4.69) is 0 Å². The average Bonchev–Trinajstić information content (AvgIpc) is 2.60. The summed E-state index contributed by atoms with van der Waals surface area (Å²) >= 11 is 0. The molecule has 1 unspecified atom stereocenters. The highest BCUT2D eigenvalue weighted by molar-refractivity contribution is 5.95. The first-order chi connectivity index (χ1) is 12.6. The summed E-state index contributed by atoms with van der Waals surface area (Å²) < 4.78 is 49.6. The quantitative estimate of drug-likeness (QED) is 0.630. The molecule has 1 aliphatic heterocycles. The molecule has 0 saturated carbocycles. The van der Waals surface area contributed by atoms with Gasteiger partial charge in [0.1, 0.15) is 17.2 Å². The molecule has 140 valence electrons. The normalized spacial score (nSPS) is 16.0. The molecule has 1 heterocycles. The van der Waals surface area contributed by atoms with E-state index in [-0.39, 0.29) is 28.5 Å². The first-order valence-corrected chi connectivity index (χ1v) is 7.40. The van der Waals surface area contributed by atoms with Crippen LogP contribution >= 0.6 is 0 Å². The van der Waals surface area contributed by atoms with Crippen LogP contribution in [0.2, 0.25) is 0 Å². The van der Waals surface area contributed by atoms with E-state index in [1.807, 2.05) is 0 Å². The Kier molecular flexibility index (Phi) is 4.48. The second kappa shape index (κ2) is 6.63. The highest BCUT2D eigenvalue weighted by atomic mass is 19.4. The summed E-state index contributed by atoms with van der Waals surface area (Å²) in [5.74, 6) is -1.57. The third-order valence-electron chi connectivity index (χ3n) is 3.65. The summed E-state index contributed by atoms with van der Waals surface area (Å²) in [4.78, 5) is 21.1. The predicted octanol–water partition coefficient (Wildman–Crippen LogP) is 4.18. The third kappa shape index (κ3) is 3.84. The molecule has 27 heavy (non-hydrogen) atoms. The smallest absolute Gasteiger partial charge is 0.430 e. The Morgan fingerprint density at radius 2 is 1.78 bits per heavy atom. The van der Waals surface area contributed by atoms with Gasteiger partial charge in [-0.25, -0.2) is 4.79 Å². The van der Waals surface area contributed by atoms with Crippen LogP contribution in [0.1, 0.15) is 5.56 Å². The number of ether oxygens (including phenoxy) is 2. The summed E-state index contributed by atoms with van der Waals surface area (Å²) in [6, 6.07) is 9.04.